The normalized spacial score (nSPS) is 12.6. The number of benzene rings is 2. The Morgan fingerprint density at radius 2 is 1.72 bits per heavy atom. The summed E-state index contributed by atoms with van der Waals surface area (Å²) in [5, 5.41) is 6.01. The second-order valence-electron chi connectivity index (χ2n) is 7.15. The summed E-state index contributed by atoms with van der Waals surface area (Å²) in [5.74, 6) is -0.983. The molecule has 3 rings (SSSR count). The van der Waals surface area contributed by atoms with Crippen molar-refractivity contribution in [1.82, 2.24) is 5.16 Å². The lowest BCUT2D eigenvalue weighted by molar-refractivity contribution is -0.137. The Bertz CT molecular complexity index is 1290. The van der Waals surface area contributed by atoms with E-state index in [0.29, 0.717) is 5.56 Å². The van der Waals surface area contributed by atoms with Gasteiger partial charge in [-0.25, -0.2) is 0 Å². The number of rotatable bonds is 9. The van der Waals surface area contributed by atoms with Crippen LogP contribution in [0.1, 0.15) is 19.4 Å². The SMILES string of the molecule is CCOP(=O)(OCC)C(Cl)(Cl)C(=O)Nc1cccc(-c2cc(-c3c(Cl)cccc3C(F)(F)F)no2)c1. The average Bonchev–Trinajstić information content (AvgIpc) is 3.28. The van der Waals surface area contributed by atoms with E-state index in [9.17, 15) is 22.5 Å². The summed E-state index contributed by atoms with van der Waals surface area (Å²) in [7, 11) is -4.25. The molecule has 0 bridgehead atoms. The van der Waals surface area contributed by atoms with Crippen LogP contribution < -0.4 is 5.32 Å². The summed E-state index contributed by atoms with van der Waals surface area (Å²) >= 11 is 18.2. The fourth-order valence-corrected chi connectivity index (χ4v) is 5.50. The number of hydrogen-bond donors (Lipinski definition) is 1. The van der Waals surface area contributed by atoms with Gasteiger partial charge in [0.05, 0.1) is 23.8 Å². The number of hydrogen-bond acceptors (Lipinski definition) is 6. The first-order valence-corrected chi connectivity index (χ1v) is 13.0. The molecule has 1 N–H and O–H groups in total. The number of alkyl halides is 5. The molecule has 194 valence electrons. The van der Waals surface area contributed by atoms with Gasteiger partial charge in [-0.05, 0) is 38.1 Å². The van der Waals surface area contributed by atoms with E-state index in [4.69, 9.17) is 48.4 Å². The maximum atomic E-state index is 13.5. The summed E-state index contributed by atoms with van der Waals surface area (Å²) in [4.78, 5) is 12.8. The quantitative estimate of drug-likeness (QED) is 0.202. The van der Waals surface area contributed by atoms with Crippen molar-refractivity contribution in [1.29, 1.82) is 0 Å². The fraction of sp³-hybridized carbons (Fsp3) is 0.273. The van der Waals surface area contributed by atoms with Gasteiger partial charge in [-0.2, -0.15) is 13.2 Å². The van der Waals surface area contributed by atoms with Crippen molar-refractivity contribution in [2.75, 3.05) is 18.5 Å². The Kier molecular flexibility index (Phi) is 8.81. The number of carbonyl (C=O) groups excluding carboxylic acids is 1. The Labute approximate surface area is 219 Å². The molecule has 0 fully saturated rings. The number of halogens is 6. The van der Waals surface area contributed by atoms with Gasteiger partial charge in [-0.15, -0.1) is 0 Å². The van der Waals surface area contributed by atoms with Crippen molar-refractivity contribution in [3.8, 4) is 22.6 Å². The standard InChI is InChI=1S/C22H19Cl3F3N2O5P/c1-3-33-36(32,34-4-2)21(24,25)20(31)29-14-8-5-7-13(11-14)18-12-17(30-35-18)19-15(22(26,27)28)9-6-10-16(19)23/h5-12H,3-4H2,1-2H3,(H,29,31). The smallest absolute Gasteiger partial charge is 0.356 e. The zero-order valence-corrected chi connectivity index (χ0v) is 21.9. The van der Waals surface area contributed by atoms with E-state index in [-0.39, 0.29) is 40.9 Å². The molecule has 0 saturated heterocycles. The topological polar surface area (TPSA) is 90.7 Å². The lowest BCUT2D eigenvalue weighted by Crippen LogP contribution is -2.34. The lowest BCUT2D eigenvalue weighted by atomic mass is 10.0. The molecule has 0 aliphatic heterocycles. The van der Waals surface area contributed by atoms with Crippen LogP contribution in [-0.2, 0) is 24.6 Å². The van der Waals surface area contributed by atoms with Crippen LogP contribution >= 0.6 is 42.4 Å². The number of carbonyl (C=O) groups is 1. The summed E-state index contributed by atoms with van der Waals surface area (Å²) in [6, 6.07) is 10.7. The first-order valence-electron chi connectivity index (χ1n) is 10.4. The molecule has 0 aliphatic carbocycles. The average molecular weight is 586 g/mol. The zero-order chi connectivity index (χ0) is 26.7. The van der Waals surface area contributed by atoms with Gasteiger partial charge in [-0.3, -0.25) is 9.36 Å². The van der Waals surface area contributed by atoms with Crippen molar-refractivity contribution < 1.29 is 36.1 Å². The number of nitrogens with zero attached hydrogens (tertiary/aromatic N) is 1. The molecule has 36 heavy (non-hydrogen) atoms. The van der Waals surface area contributed by atoms with Crippen LogP contribution in [0.25, 0.3) is 22.6 Å². The molecule has 0 radical (unpaired) electrons. The van der Waals surface area contributed by atoms with Gasteiger partial charge in [0.1, 0.15) is 5.69 Å². The Balaban J connectivity index is 1.90. The van der Waals surface area contributed by atoms with Crippen LogP contribution in [0.4, 0.5) is 18.9 Å². The Morgan fingerprint density at radius 1 is 1.08 bits per heavy atom. The minimum atomic E-state index is -4.67. The molecular formula is C22H19Cl3F3N2O5P. The summed E-state index contributed by atoms with van der Waals surface area (Å²) in [5.41, 5.74) is -0.923. The highest BCUT2D eigenvalue weighted by Crippen LogP contribution is 2.64. The lowest BCUT2D eigenvalue weighted by Gasteiger charge is -2.27. The van der Waals surface area contributed by atoms with E-state index in [1.807, 2.05) is 0 Å². The highest BCUT2D eigenvalue weighted by molar-refractivity contribution is 7.61. The van der Waals surface area contributed by atoms with E-state index < -0.39 is 29.3 Å². The molecule has 1 heterocycles. The first kappa shape index (κ1) is 28.5. The minimum Gasteiger partial charge on any atom is -0.356 e. The molecule has 1 amide bonds. The molecule has 3 aromatic rings. The van der Waals surface area contributed by atoms with E-state index in [1.165, 1.54) is 50.2 Å². The Morgan fingerprint density at radius 3 is 2.33 bits per heavy atom. The highest BCUT2D eigenvalue weighted by Gasteiger charge is 2.55. The van der Waals surface area contributed by atoms with Crippen molar-refractivity contribution in [3.63, 3.8) is 0 Å². The third kappa shape index (κ3) is 5.90. The molecule has 0 aliphatic rings. The van der Waals surface area contributed by atoms with E-state index in [2.05, 4.69) is 10.5 Å². The largest absolute Gasteiger partial charge is 0.417 e. The monoisotopic (exact) mass is 584 g/mol. The molecule has 14 heteroatoms. The number of aromatic nitrogens is 1. The van der Waals surface area contributed by atoms with Crippen molar-refractivity contribution >= 4 is 54.0 Å². The van der Waals surface area contributed by atoms with Crippen LogP contribution in [0.15, 0.2) is 53.1 Å². The maximum absolute atomic E-state index is 13.5. The Hall–Kier alpha value is -2.07. The second-order valence-corrected chi connectivity index (χ2v) is 11.6. The minimum absolute atomic E-state index is 0.0729. The van der Waals surface area contributed by atoms with Gasteiger partial charge >= 0.3 is 13.8 Å². The van der Waals surface area contributed by atoms with Gasteiger partial charge < -0.3 is 18.9 Å². The van der Waals surface area contributed by atoms with E-state index in [0.717, 1.165) is 6.07 Å². The highest BCUT2D eigenvalue weighted by atomic mass is 35.5. The number of nitrogens with one attached hydrogen (secondary N) is 1. The molecular weight excluding hydrogens is 567 g/mol. The third-order valence-electron chi connectivity index (χ3n) is 4.71. The predicted octanol–water partition coefficient (Wildman–Crippen LogP) is 8.02. The van der Waals surface area contributed by atoms with Gasteiger partial charge in [0.15, 0.2) is 5.76 Å². The predicted molar refractivity (Wildman–Crippen MR) is 131 cm³/mol. The van der Waals surface area contributed by atoms with Gasteiger partial charge in [0, 0.05) is 22.9 Å². The van der Waals surface area contributed by atoms with Gasteiger partial charge in [0.2, 0.25) is 0 Å². The van der Waals surface area contributed by atoms with Crippen LogP contribution in [-0.4, -0.2) is 28.4 Å². The van der Waals surface area contributed by atoms with E-state index >= 15 is 0 Å². The zero-order valence-electron chi connectivity index (χ0n) is 18.7. The van der Waals surface area contributed by atoms with E-state index in [1.54, 1.807) is 6.07 Å². The van der Waals surface area contributed by atoms with Crippen molar-refractivity contribution in [2.24, 2.45) is 0 Å². The van der Waals surface area contributed by atoms with Gasteiger partial charge in [-0.1, -0.05) is 58.2 Å². The van der Waals surface area contributed by atoms with Gasteiger partial charge in [0.25, 0.3) is 9.98 Å². The van der Waals surface area contributed by atoms with Crippen molar-refractivity contribution in [2.45, 2.75) is 24.1 Å². The van der Waals surface area contributed by atoms with Crippen LogP contribution in [0, 0.1) is 0 Å². The third-order valence-corrected chi connectivity index (χ3v) is 8.69. The molecule has 1 aromatic heterocycles. The molecule has 0 spiro atoms. The molecule has 2 aromatic carbocycles. The summed E-state index contributed by atoms with van der Waals surface area (Å²) in [6.07, 6.45) is -4.67. The number of amides is 1. The summed E-state index contributed by atoms with van der Waals surface area (Å²) in [6.45, 7) is 2.92. The van der Waals surface area contributed by atoms with Crippen LogP contribution in [0.2, 0.25) is 5.02 Å². The fourth-order valence-electron chi connectivity index (χ4n) is 3.17. The maximum Gasteiger partial charge on any atom is 0.417 e. The van der Waals surface area contributed by atoms with Crippen LogP contribution in [0.3, 0.4) is 0 Å². The van der Waals surface area contributed by atoms with Crippen molar-refractivity contribution in [3.05, 3.63) is 59.1 Å². The van der Waals surface area contributed by atoms with Crippen LogP contribution in [0.5, 0.6) is 0 Å². The first-order chi connectivity index (χ1) is 16.8. The second kappa shape index (κ2) is 11.1. The molecule has 7 nitrogen and oxygen atoms in total. The molecule has 0 saturated carbocycles. The molecule has 0 unspecified atom stereocenters. The number of anilines is 1. The summed E-state index contributed by atoms with van der Waals surface area (Å²) < 4.78 is 66.2. The molecule has 0 atom stereocenters.